The highest BCUT2D eigenvalue weighted by Gasteiger charge is 2.42. The summed E-state index contributed by atoms with van der Waals surface area (Å²) in [6.07, 6.45) is 0. The molecule has 0 aliphatic carbocycles. The minimum absolute atomic E-state index is 0.338. The molecule has 4 rings (SSSR count). The zero-order valence-electron chi connectivity index (χ0n) is 19.7. The van der Waals surface area contributed by atoms with Crippen molar-refractivity contribution in [1.82, 2.24) is 4.98 Å². The molecule has 1 N–H and O–H groups in total. The van der Waals surface area contributed by atoms with Gasteiger partial charge in [-0.15, -0.1) is 11.3 Å². The van der Waals surface area contributed by atoms with Crippen molar-refractivity contribution in [2.45, 2.75) is 19.8 Å². The van der Waals surface area contributed by atoms with E-state index >= 15 is 0 Å². The summed E-state index contributed by atoms with van der Waals surface area (Å²) in [6, 6.07) is 15.0. The average molecular weight is 510 g/mol. The van der Waals surface area contributed by atoms with Crippen molar-refractivity contribution in [2.75, 3.05) is 19.5 Å². The fourth-order valence-corrected chi connectivity index (χ4v) is 5.09. The largest absolute Gasteiger partial charge is 0.468 e. The summed E-state index contributed by atoms with van der Waals surface area (Å²) in [5.41, 5.74) is 4.77. The van der Waals surface area contributed by atoms with Crippen LogP contribution in [0.5, 0.6) is 0 Å². The number of ether oxygens (including phenoxy) is 2. The Balaban J connectivity index is 1.68. The van der Waals surface area contributed by atoms with E-state index in [0.717, 1.165) is 22.5 Å². The molecule has 1 aliphatic heterocycles. The van der Waals surface area contributed by atoms with Crippen LogP contribution in [0, 0.1) is 5.92 Å². The lowest BCUT2D eigenvalue weighted by Crippen LogP contribution is -2.36. The van der Waals surface area contributed by atoms with Crippen molar-refractivity contribution in [1.29, 1.82) is 0 Å². The normalized spacial score (nSPS) is 17.6. The van der Waals surface area contributed by atoms with Crippen LogP contribution in [0.15, 0.2) is 70.2 Å². The maximum Gasteiger partial charge on any atom is 0.336 e. The molecule has 1 aliphatic rings. The lowest BCUT2D eigenvalue weighted by atomic mass is 9.75. The summed E-state index contributed by atoms with van der Waals surface area (Å²) in [5.74, 6) is -2.33. The van der Waals surface area contributed by atoms with Gasteiger partial charge < -0.3 is 14.8 Å². The minimum atomic E-state index is -0.746. The first-order chi connectivity index (χ1) is 16.8. The van der Waals surface area contributed by atoms with Gasteiger partial charge in [-0.2, -0.15) is 0 Å². The van der Waals surface area contributed by atoms with Crippen LogP contribution in [-0.4, -0.2) is 36.9 Å². The second-order valence-corrected chi connectivity index (χ2v) is 9.31. The number of aliphatic imine (C=N–C) groups is 1. The number of methoxy groups -OCH3 is 2. The molecule has 2 unspecified atom stereocenters. The van der Waals surface area contributed by atoms with Crippen molar-refractivity contribution < 1.29 is 19.1 Å². The molecule has 2 heterocycles. The zero-order chi connectivity index (χ0) is 25.1. The zero-order valence-corrected chi connectivity index (χ0v) is 21.2. The number of hydrogen-bond acceptors (Lipinski definition) is 8. The van der Waals surface area contributed by atoms with Gasteiger partial charge in [-0.3, -0.25) is 9.79 Å². The number of nitrogens with zero attached hydrogens (tertiary/aromatic N) is 2. The van der Waals surface area contributed by atoms with Gasteiger partial charge in [0, 0.05) is 39.0 Å². The third-order valence-corrected chi connectivity index (χ3v) is 6.84. The van der Waals surface area contributed by atoms with Gasteiger partial charge in [0.1, 0.15) is 5.92 Å². The summed E-state index contributed by atoms with van der Waals surface area (Å²) in [5, 5.41) is 6.67. The van der Waals surface area contributed by atoms with Crippen LogP contribution in [0.25, 0.3) is 11.3 Å². The Kier molecular flexibility index (Phi) is 7.33. The number of esters is 2. The van der Waals surface area contributed by atoms with E-state index in [2.05, 4.69) is 15.3 Å². The van der Waals surface area contributed by atoms with Crippen molar-refractivity contribution in [2.24, 2.45) is 10.9 Å². The molecular formula is C26H24ClN3O4S. The number of aromatic nitrogens is 1. The van der Waals surface area contributed by atoms with E-state index in [4.69, 9.17) is 21.1 Å². The summed E-state index contributed by atoms with van der Waals surface area (Å²) in [4.78, 5) is 34.6. The number of anilines is 2. The van der Waals surface area contributed by atoms with Gasteiger partial charge in [0.25, 0.3) is 0 Å². The molecule has 0 bridgehead atoms. The first kappa shape index (κ1) is 24.6. The number of carbonyl (C=O) groups excluding carboxylic acids is 2. The second kappa shape index (κ2) is 10.4. The molecular weight excluding hydrogens is 486 g/mol. The quantitative estimate of drug-likeness (QED) is 0.410. The number of nitrogens with one attached hydrogen (secondary N) is 1. The Morgan fingerprint density at radius 2 is 1.80 bits per heavy atom. The number of benzene rings is 2. The maximum atomic E-state index is 12.7. The smallest absolute Gasteiger partial charge is 0.336 e. The van der Waals surface area contributed by atoms with Crippen molar-refractivity contribution in [3.05, 3.63) is 75.8 Å². The molecule has 0 saturated carbocycles. The van der Waals surface area contributed by atoms with Crippen LogP contribution in [0.4, 0.5) is 10.8 Å². The van der Waals surface area contributed by atoms with E-state index in [1.165, 1.54) is 25.6 Å². The van der Waals surface area contributed by atoms with Crippen molar-refractivity contribution in [3.8, 4) is 11.3 Å². The Labute approximate surface area is 212 Å². The van der Waals surface area contributed by atoms with E-state index in [9.17, 15) is 9.59 Å². The van der Waals surface area contributed by atoms with E-state index in [-0.39, 0.29) is 0 Å². The summed E-state index contributed by atoms with van der Waals surface area (Å²) in [6.45, 7) is 3.51. The molecule has 7 nitrogen and oxygen atoms in total. The first-order valence-corrected chi connectivity index (χ1v) is 12.1. The Morgan fingerprint density at radius 1 is 1.06 bits per heavy atom. The molecule has 35 heavy (non-hydrogen) atoms. The molecule has 3 aromatic rings. The molecule has 0 saturated heterocycles. The van der Waals surface area contributed by atoms with Gasteiger partial charge in [0.05, 0.1) is 25.5 Å². The lowest BCUT2D eigenvalue weighted by molar-refractivity contribution is -0.143. The van der Waals surface area contributed by atoms with Crippen LogP contribution in [0.3, 0.4) is 0 Å². The number of thiazole rings is 1. The van der Waals surface area contributed by atoms with Gasteiger partial charge in [-0.1, -0.05) is 35.9 Å². The highest BCUT2D eigenvalue weighted by molar-refractivity contribution is 7.14. The first-order valence-electron chi connectivity index (χ1n) is 10.8. The van der Waals surface area contributed by atoms with Crippen LogP contribution >= 0.6 is 22.9 Å². The van der Waals surface area contributed by atoms with Crippen LogP contribution < -0.4 is 5.32 Å². The SMILES string of the molecule is COC(=O)C1=C(C)N=C(C)C(C(=O)OC)C1c1cccc(Nc2nc(-c3ccc(Cl)cc3)cs2)c1. The predicted octanol–water partition coefficient (Wildman–Crippen LogP) is 6.00. The molecule has 1 aromatic heterocycles. The fraction of sp³-hybridized carbons (Fsp3) is 0.231. The Hall–Kier alpha value is -3.49. The van der Waals surface area contributed by atoms with Gasteiger partial charge in [-0.05, 0) is 43.7 Å². The van der Waals surface area contributed by atoms with Crippen LogP contribution in [0.1, 0.15) is 25.3 Å². The van der Waals surface area contributed by atoms with Gasteiger partial charge in [0.2, 0.25) is 0 Å². The number of hydrogen-bond donors (Lipinski definition) is 1. The third kappa shape index (κ3) is 5.13. The van der Waals surface area contributed by atoms with Crippen LogP contribution in [-0.2, 0) is 19.1 Å². The van der Waals surface area contributed by atoms with Crippen molar-refractivity contribution >= 4 is 51.4 Å². The van der Waals surface area contributed by atoms with Crippen LogP contribution in [0.2, 0.25) is 5.02 Å². The maximum absolute atomic E-state index is 12.7. The number of allylic oxidation sites excluding steroid dienone is 1. The Morgan fingerprint density at radius 3 is 2.49 bits per heavy atom. The highest BCUT2D eigenvalue weighted by Crippen LogP contribution is 2.41. The summed E-state index contributed by atoms with van der Waals surface area (Å²) < 4.78 is 10.1. The topological polar surface area (TPSA) is 89.9 Å². The van der Waals surface area contributed by atoms with Gasteiger partial charge in [0.15, 0.2) is 5.13 Å². The number of carbonyl (C=O) groups is 2. The van der Waals surface area contributed by atoms with E-state index in [1.807, 2.05) is 53.9 Å². The van der Waals surface area contributed by atoms with E-state index in [0.29, 0.717) is 27.1 Å². The standard InChI is InChI=1S/C26H24ClN3O4S/c1-14-21(24(31)33-3)23(22(15(2)28-14)25(32)34-4)17-6-5-7-19(12-17)29-26-30-20(13-35-26)16-8-10-18(27)11-9-16/h5-13,21,23H,1-4H3,(H,29,30). The average Bonchev–Trinajstić information content (AvgIpc) is 3.31. The summed E-state index contributed by atoms with van der Waals surface area (Å²) >= 11 is 7.46. The highest BCUT2D eigenvalue weighted by atomic mass is 35.5. The van der Waals surface area contributed by atoms with Gasteiger partial charge in [-0.25, -0.2) is 9.78 Å². The fourth-order valence-electron chi connectivity index (χ4n) is 4.22. The molecule has 180 valence electrons. The van der Waals surface area contributed by atoms with E-state index in [1.54, 1.807) is 13.8 Å². The molecule has 0 spiro atoms. The lowest BCUT2D eigenvalue weighted by Gasteiger charge is -2.31. The number of halogens is 1. The minimum Gasteiger partial charge on any atom is -0.468 e. The molecule has 2 atom stereocenters. The van der Waals surface area contributed by atoms with Gasteiger partial charge >= 0.3 is 11.9 Å². The molecule has 0 radical (unpaired) electrons. The molecule has 0 fully saturated rings. The molecule has 2 aromatic carbocycles. The monoisotopic (exact) mass is 509 g/mol. The summed E-state index contributed by atoms with van der Waals surface area (Å²) in [7, 11) is 2.64. The molecule has 0 amide bonds. The number of rotatable bonds is 6. The molecule has 9 heteroatoms. The third-order valence-electron chi connectivity index (χ3n) is 5.83. The van der Waals surface area contributed by atoms with E-state index < -0.39 is 23.8 Å². The Bertz CT molecular complexity index is 1330. The predicted molar refractivity (Wildman–Crippen MR) is 138 cm³/mol. The van der Waals surface area contributed by atoms with Crippen molar-refractivity contribution in [3.63, 3.8) is 0 Å². The second-order valence-electron chi connectivity index (χ2n) is 8.02.